The SMILES string of the molecule is CC(C)c1ccc(/C=N\NC(=O)CN(c2ccccc2Cl)S(C)(=O)=O)cc1. The number of hydrazone groups is 1. The van der Waals surface area contributed by atoms with Crippen LogP contribution in [0, 0.1) is 0 Å². The van der Waals surface area contributed by atoms with E-state index in [0.29, 0.717) is 5.92 Å². The molecule has 0 heterocycles. The number of rotatable bonds is 7. The predicted molar refractivity (Wildman–Crippen MR) is 110 cm³/mol. The topological polar surface area (TPSA) is 78.8 Å². The number of halogens is 1. The Bertz CT molecular complexity index is 925. The molecule has 0 radical (unpaired) electrons. The zero-order valence-electron chi connectivity index (χ0n) is 15.4. The summed E-state index contributed by atoms with van der Waals surface area (Å²) in [6, 6.07) is 14.2. The summed E-state index contributed by atoms with van der Waals surface area (Å²) in [6.45, 7) is 3.79. The van der Waals surface area contributed by atoms with E-state index in [2.05, 4.69) is 24.4 Å². The highest BCUT2D eigenvalue weighted by molar-refractivity contribution is 7.92. The van der Waals surface area contributed by atoms with Crippen molar-refractivity contribution in [3.05, 3.63) is 64.7 Å². The molecule has 0 aliphatic heterocycles. The Hall–Kier alpha value is -2.38. The fourth-order valence-electron chi connectivity index (χ4n) is 2.35. The molecule has 27 heavy (non-hydrogen) atoms. The van der Waals surface area contributed by atoms with Gasteiger partial charge in [-0.05, 0) is 29.2 Å². The van der Waals surface area contributed by atoms with Gasteiger partial charge in [0.2, 0.25) is 10.0 Å². The second-order valence-electron chi connectivity index (χ2n) is 6.34. The Balaban J connectivity index is 2.05. The lowest BCUT2D eigenvalue weighted by molar-refractivity contribution is -0.119. The molecule has 0 saturated heterocycles. The molecule has 0 spiro atoms. The van der Waals surface area contributed by atoms with Crippen LogP contribution in [-0.2, 0) is 14.8 Å². The van der Waals surface area contributed by atoms with Crippen LogP contribution in [0.5, 0.6) is 0 Å². The number of amides is 1. The van der Waals surface area contributed by atoms with Crippen LogP contribution in [0.25, 0.3) is 0 Å². The normalized spacial score (nSPS) is 11.7. The van der Waals surface area contributed by atoms with Crippen LogP contribution in [0.15, 0.2) is 53.6 Å². The van der Waals surface area contributed by atoms with Crippen molar-refractivity contribution in [3.63, 3.8) is 0 Å². The molecular weight excluding hydrogens is 386 g/mol. The van der Waals surface area contributed by atoms with Gasteiger partial charge in [0.15, 0.2) is 0 Å². The zero-order valence-corrected chi connectivity index (χ0v) is 17.0. The highest BCUT2D eigenvalue weighted by Crippen LogP contribution is 2.26. The molecule has 2 aromatic rings. The van der Waals surface area contributed by atoms with Crippen molar-refractivity contribution in [1.29, 1.82) is 0 Å². The van der Waals surface area contributed by atoms with Crippen molar-refractivity contribution in [2.75, 3.05) is 17.1 Å². The summed E-state index contributed by atoms with van der Waals surface area (Å²) in [5.41, 5.74) is 4.62. The fraction of sp³-hybridized carbons (Fsp3) is 0.263. The zero-order chi connectivity index (χ0) is 20.0. The summed E-state index contributed by atoms with van der Waals surface area (Å²) in [6.07, 6.45) is 2.52. The molecule has 2 rings (SSSR count). The van der Waals surface area contributed by atoms with Crippen LogP contribution < -0.4 is 9.73 Å². The quantitative estimate of drug-likeness (QED) is 0.564. The number of benzene rings is 2. The number of hydrogen-bond acceptors (Lipinski definition) is 4. The summed E-state index contributed by atoms with van der Waals surface area (Å²) >= 11 is 6.06. The lowest BCUT2D eigenvalue weighted by atomic mass is 10.0. The van der Waals surface area contributed by atoms with Crippen LogP contribution in [-0.4, -0.2) is 33.3 Å². The summed E-state index contributed by atoms with van der Waals surface area (Å²) in [4.78, 5) is 12.1. The van der Waals surface area contributed by atoms with Crippen molar-refractivity contribution < 1.29 is 13.2 Å². The van der Waals surface area contributed by atoms with E-state index in [0.717, 1.165) is 16.1 Å². The second kappa shape index (κ2) is 9.01. The maximum atomic E-state index is 12.1. The average molecular weight is 408 g/mol. The Labute approximate surface area is 164 Å². The van der Waals surface area contributed by atoms with Crippen LogP contribution in [0.1, 0.15) is 30.9 Å². The van der Waals surface area contributed by atoms with Crippen LogP contribution >= 0.6 is 11.6 Å². The maximum Gasteiger partial charge on any atom is 0.260 e. The molecule has 0 saturated carbocycles. The number of carbonyl (C=O) groups is 1. The number of nitrogens with one attached hydrogen (secondary N) is 1. The number of nitrogens with zero attached hydrogens (tertiary/aromatic N) is 2. The third-order valence-corrected chi connectivity index (χ3v) is 5.26. The predicted octanol–water partition coefficient (Wildman–Crippen LogP) is 3.38. The molecule has 0 fully saturated rings. The summed E-state index contributed by atoms with van der Waals surface area (Å²) in [5.74, 6) is -0.141. The Kier molecular flexibility index (Phi) is 6.98. The molecule has 144 valence electrons. The number of sulfonamides is 1. The van der Waals surface area contributed by atoms with Crippen LogP contribution in [0.4, 0.5) is 5.69 Å². The fourth-order valence-corrected chi connectivity index (χ4v) is 3.50. The molecule has 0 aliphatic carbocycles. The first-order valence-electron chi connectivity index (χ1n) is 8.32. The van der Waals surface area contributed by atoms with Gasteiger partial charge in [-0.3, -0.25) is 9.10 Å². The average Bonchev–Trinajstić information content (AvgIpc) is 2.60. The molecule has 2 aromatic carbocycles. The summed E-state index contributed by atoms with van der Waals surface area (Å²) in [7, 11) is -3.69. The number of carbonyl (C=O) groups excluding carboxylic acids is 1. The van der Waals surface area contributed by atoms with E-state index in [1.165, 1.54) is 17.8 Å². The molecule has 0 atom stereocenters. The van der Waals surface area contributed by atoms with Gasteiger partial charge in [-0.15, -0.1) is 0 Å². The number of hydrogen-bond donors (Lipinski definition) is 1. The van der Waals surface area contributed by atoms with E-state index >= 15 is 0 Å². The van der Waals surface area contributed by atoms with E-state index in [1.807, 2.05) is 24.3 Å². The molecule has 1 amide bonds. The van der Waals surface area contributed by atoms with Gasteiger partial charge in [-0.2, -0.15) is 5.10 Å². The number of anilines is 1. The van der Waals surface area contributed by atoms with Gasteiger partial charge in [-0.1, -0.05) is 61.8 Å². The van der Waals surface area contributed by atoms with E-state index in [1.54, 1.807) is 18.2 Å². The van der Waals surface area contributed by atoms with Crippen molar-refractivity contribution >= 4 is 39.4 Å². The van der Waals surface area contributed by atoms with Gasteiger partial charge in [0.25, 0.3) is 5.91 Å². The van der Waals surface area contributed by atoms with Crippen LogP contribution in [0.3, 0.4) is 0 Å². The molecule has 1 N–H and O–H groups in total. The monoisotopic (exact) mass is 407 g/mol. The van der Waals surface area contributed by atoms with Crippen molar-refractivity contribution in [3.8, 4) is 0 Å². The Morgan fingerprint density at radius 2 is 1.81 bits per heavy atom. The highest BCUT2D eigenvalue weighted by Gasteiger charge is 2.22. The Morgan fingerprint density at radius 1 is 1.19 bits per heavy atom. The largest absolute Gasteiger partial charge is 0.271 e. The molecule has 0 bridgehead atoms. The van der Waals surface area contributed by atoms with E-state index in [-0.39, 0.29) is 10.7 Å². The van der Waals surface area contributed by atoms with Crippen molar-refractivity contribution in [2.24, 2.45) is 5.10 Å². The first-order valence-corrected chi connectivity index (χ1v) is 10.5. The molecule has 8 heteroatoms. The lowest BCUT2D eigenvalue weighted by Gasteiger charge is -2.22. The standard InChI is InChI=1S/C19H22ClN3O3S/c1-14(2)16-10-8-15(9-11-16)12-21-22-19(24)13-23(27(3,25)26)18-7-5-4-6-17(18)20/h4-12,14H,13H2,1-3H3,(H,22,24)/b21-12-. The van der Waals surface area contributed by atoms with Gasteiger partial charge >= 0.3 is 0 Å². The second-order valence-corrected chi connectivity index (χ2v) is 8.65. The molecule has 0 aliphatic rings. The minimum Gasteiger partial charge on any atom is -0.271 e. The minimum atomic E-state index is -3.69. The van der Waals surface area contributed by atoms with Crippen molar-refractivity contribution in [2.45, 2.75) is 19.8 Å². The van der Waals surface area contributed by atoms with E-state index < -0.39 is 22.5 Å². The first-order chi connectivity index (χ1) is 12.7. The van der Waals surface area contributed by atoms with Gasteiger partial charge in [-0.25, -0.2) is 13.8 Å². The Morgan fingerprint density at radius 3 is 2.37 bits per heavy atom. The molecule has 6 nitrogen and oxygen atoms in total. The molecule has 0 aromatic heterocycles. The summed E-state index contributed by atoms with van der Waals surface area (Å²) < 4.78 is 25.0. The van der Waals surface area contributed by atoms with Gasteiger partial charge in [0, 0.05) is 0 Å². The van der Waals surface area contributed by atoms with Gasteiger partial charge in [0.1, 0.15) is 6.54 Å². The van der Waals surface area contributed by atoms with Gasteiger partial charge < -0.3 is 0 Å². The van der Waals surface area contributed by atoms with Crippen molar-refractivity contribution in [1.82, 2.24) is 5.43 Å². The number of para-hydroxylation sites is 1. The van der Waals surface area contributed by atoms with E-state index in [4.69, 9.17) is 11.6 Å². The summed E-state index contributed by atoms with van der Waals surface area (Å²) in [5, 5.41) is 4.13. The van der Waals surface area contributed by atoms with Gasteiger partial charge in [0.05, 0.1) is 23.2 Å². The minimum absolute atomic E-state index is 0.240. The smallest absolute Gasteiger partial charge is 0.260 e. The third-order valence-electron chi connectivity index (χ3n) is 3.81. The van der Waals surface area contributed by atoms with Crippen LogP contribution in [0.2, 0.25) is 5.02 Å². The molecular formula is C19H22ClN3O3S. The maximum absolute atomic E-state index is 12.1. The third kappa shape index (κ3) is 6.08. The first kappa shape index (κ1) is 20.9. The highest BCUT2D eigenvalue weighted by atomic mass is 35.5. The lowest BCUT2D eigenvalue weighted by Crippen LogP contribution is -2.39. The molecule has 0 unspecified atom stereocenters. The van der Waals surface area contributed by atoms with E-state index in [9.17, 15) is 13.2 Å².